The molecule has 0 unspecified atom stereocenters. The molecule has 0 aliphatic heterocycles. The minimum atomic E-state index is -3.66. The van der Waals surface area contributed by atoms with Gasteiger partial charge in [-0.1, -0.05) is 36.4 Å². The van der Waals surface area contributed by atoms with Gasteiger partial charge in [-0.25, -0.2) is 4.79 Å². The number of fused-ring (bicyclic) bond motifs is 1. The van der Waals surface area contributed by atoms with Gasteiger partial charge in [0.1, 0.15) is 5.60 Å². The topological polar surface area (TPSA) is 73.9 Å². The van der Waals surface area contributed by atoms with Crippen molar-refractivity contribution < 1.29 is 23.1 Å². The first-order valence-electron chi connectivity index (χ1n) is 9.05. The first-order valence-corrected chi connectivity index (χ1v) is 10.7. The van der Waals surface area contributed by atoms with E-state index in [2.05, 4.69) is 5.32 Å². The Morgan fingerprint density at radius 2 is 1.63 bits per heavy atom. The molecule has 0 spiro atoms. The van der Waals surface area contributed by atoms with Gasteiger partial charge in [0.05, 0.1) is 13.2 Å². The summed E-state index contributed by atoms with van der Waals surface area (Å²) in [6, 6.07) is 13.4. The maximum absolute atomic E-state index is 13.4. The fourth-order valence-corrected chi connectivity index (χ4v) is 4.57. The summed E-state index contributed by atoms with van der Waals surface area (Å²) in [5.74, 6) is -0.975. The van der Waals surface area contributed by atoms with Crippen LogP contribution < -0.4 is 5.32 Å². The summed E-state index contributed by atoms with van der Waals surface area (Å²) in [6.45, 7) is 9.15. The maximum Gasteiger partial charge on any atom is 0.408 e. The summed E-state index contributed by atoms with van der Waals surface area (Å²) in [5, 5.41) is 4.70. The van der Waals surface area contributed by atoms with Gasteiger partial charge in [-0.05, 0) is 57.0 Å². The summed E-state index contributed by atoms with van der Waals surface area (Å²) in [6.07, 6.45) is -0.680. The van der Waals surface area contributed by atoms with Crippen molar-refractivity contribution in [2.75, 3.05) is 13.2 Å². The van der Waals surface area contributed by atoms with Crippen molar-refractivity contribution >= 4 is 24.5 Å². The second-order valence-corrected chi connectivity index (χ2v) is 9.14. The van der Waals surface area contributed by atoms with E-state index < -0.39 is 25.1 Å². The highest BCUT2D eigenvalue weighted by atomic mass is 31.2. The van der Waals surface area contributed by atoms with Crippen molar-refractivity contribution in [1.29, 1.82) is 0 Å². The predicted molar refractivity (Wildman–Crippen MR) is 107 cm³/mol. The normalized spacial score (nSPS) is 13.4. The van der Waals surface area contributed by atoms with Crippen LogP contribution in [0.4, 0.5) is 4.79 Å². The zero-order chi connectivity index (χ0) is 20.1. The Morgan fingerprint density at radius 1 is 1.04 bits per heavy atom. The van der Waals surface area contributed by atoms with Crippen molar-refractivity contribution in [3.8, 4) is 0 Å². The van der Waals surface area contributed by atoms with Crippen molar-refractivity contribution in [3.63, 3.8) is 0 Å². The number of rotatable bonds is 7. The molecule has 1 N–H and O–H groups in total. The van der Waals surface area contributed by atoms with Crippen molar-refractivity contribution in [3.05, 3.63) is 48.0 Å². The molecule has 1 amide bonds. The number of carbonyl (C=O) groups excluding carboxylic acids is 1. The second-order valence-electron chi connectivity index (χ2n) is 7.03. The predicted octanol–water partition coefficient (Wildman–Crippen LogP) is 5.63. The molecule has 0 fully saturated rings. The molecule has 148 valence electrons. The van der Waals surface area contributed by atoms with E-state index in [-0.39, 0.29) is 13.2 Å². The lowest BCUT2D eigenvalue weighted by Gasteiger charge is -2.29. The van der Waals surface area contributed by atoms with Crippen LogP contribution in [0.5, 0.6) is 0 Å². The lowest BCUT2D eigenvalue weighted by molar-refractivity contribution is 0.0508. The van der Waals surface area contributed by atoms with Crippen LogP contribution in [0.2, 0.25) is 0 Å². The quantitative estimate of drug-likeness (QED) is 0.617. The van der Waals surface area contributed by atoms with E-state index >= 15 is 0 Å². The van der Waals surface area contributed by atoms with Crippen LogP contribution in [0.15, 0.2) is 42.5 Å². The second kappa shape index (κ2) is 8.87. The highest BCUT2D eigenvalue weighted by molar-refractivity contribution is 7.54. The molecule has 6 nitrogen and oxygen atoms in total. The molecular weight excluding hydrogens is 365 g/mol. The van der Waals surface area contributed by atoms with Gasteiger partial charge in [0, 0.05) is 0 Å². The van der Waals surface area contributed by atoms with Crippen molar-refractivity contribution in [1.82, 2.24) is 5.32 Å². The van der Waals surface area contributed by atoms with Crippen LogP contribution in [0, 0.1) is 0 Å². The third kappa shape index (κ3) is 5.80. The van der Waals surface area contributed by atoms with E-state index in [1.165, 1.54) is 0 Å². The van der Waals surface area contributed by atoms with Crippen LogP contribution >= 0.6 is 7.60 Å². The number of hydrogen-bond donors (Lipinski definition) is 1. The lowest BCUT2D eigenvalue weighted by atomic mass is 10.1. The molecule has 0 aliphatic carbocycles. The van der Waals surface area contributed by atoms with Crippen molar-refractivity contribution in [2.24, 2.45) is 0 Å². The van der Waals surface area contributed by atoms with Gasteiger partial charge >= 0.3 is 13.7 Å². The van der Waals surface area contributed by atoms with Crippen LogP contribution in [0.25, 0.3) is 10.8 Å². The van der Waals surface area contributed by atoms with Crippen LogP contribution in [0.1, 0.15) is 46.0 Å². The van der Waals surface area contributed by atoms with Gasteiger partial charge in [-0.2, -0.15) is 0 Å². The van der Waals surface area contributed by atoms with Gasteiger partial charge in [0.2, 0.25) is 0 Å². The van der Waals surface area contributed by atoms with E-state index in [1.54, 1.807) is 34.6 Å². The number of nitrogens with one attached hydrogen (secondary N) is 1. The molecule has 0 bridgehead atoms. The number of amides is 1. The number of ether oxygens (including phenoxy) is 1. The molecule has 7 heteroatoms. The third-order valence-corrected chi connectivity index (χ3v) is 5.97. The summed E-state index contributed by atoms with van der Waals surface area (Å²) in [7, 11) is -3.66. The largest absolute Gasteiger partial charge is 0.444 e. The molecule has 0 saturated carbocycles. The van der Waals surface area contributed by atoms with E-state index in [9.17, 15) is 9.36 Å². The third-order valence-electron chi connectivity index (χ3n) is 3.68. The summed E-state index contributed by atoms with van der Waals surface area (Å²) < 4.78 is 29.8. The van der Waals surface area contributed by atoms with Gasteiger partial charge in [-0.3, -0.25) is 4.57 Å². The highest BCUT2D eigenvalue weighted by Crippen LogP contribution is 2.59. The lowest BCUT2D eigenvalue weighted by Crippen LogP contribution is -2.35. The molecule has 2 rings (SSSR count). The molecule has 0 radical (unpaired) electrons. The van der Waals surface area contributed by atoms with E-state index in [1.807, 2.05) is 42.5 Å². The average molecular weight is 393 g/mol. The molecule has 0 aliphatic rings. The minimum Gasteiger partial charge on any atom is -0.444 e. The summed E-state index contributed by atoms with van der Waals surface area (Å²) in [5.41, 5.74) is -0.0519. The zero-order valence-corrected chi connectivity index (χ0v) is 17.4. The molecule has 27 heavy (non-hydrogen) atoms. The Kier molecular flexibility index (Phi) is 7.04. The number of alkyl carbamates (subject to hydrolysis) is 1. The maximum atomic E-state index is 13.4. The van der Waals surface area contributed by atoms with E-state index in [0.717, 1.165) is 10.8 Å². The molecule has 2 aromatic carbocycles. The Morgan fingerprint density at radius 3 is 2.19 bits per heavy atom. The van der Waals surface area contributed by atoms with Crippen LogP contribution in [-0.4, -0.2) is 24.9 Å². The number of benzene rings is 2. The fourth-order valence-electron chi connectivity index (χ4n) is 2.69. The Bertz CT molecular complexity index is 820. The van der Waals surface area contributed by atoms with Gasteiger partial charge in [-0.15, -0.1) is 0 Å². The van der Waals surface area contributed by atoms with Gasteiger partial charge in [0.15, 0.2) is 5.78 Å². The number of carbonyl (C=O) groups is 1. The standard InChI is InChI=1S/C20H28NO5P/c1-6-24-27(23,25-7-2)18(21-19(22)26-20(3,4)5)17-13-12-15-10-8-9-11-16(15)14-17/h8-14,18H,6-7H2,1-5H3,(H,21,22)/t18-/m0/s1. The zero-order valence-electron chi connectivity index (χ0n) is 16.5. The first kappa shape index (κ1) is 21.4. The monoisotopic (exact) mass is 393 g/mol. The Labute approximate surface area is 160 Å². The number of hydrogen-bond acceptors (Lipinski definition) is 5. The summed E-state index contributed by atoms with van der Waals surface area (Å²) in [4.78, 5) is 12.4. The molecule has 2 aromatic rings. The van der Waals surface area contributed by atoms with Crippen molar-refractivity contribution in [2.45, 2.75) is 46.0 Å². The van der Waals surface area contributed by atoms with E-state index in [4.69, 9.17) is 13.8 Å². The molecule has 1 atom stereocenters. The summed E-state index contributed by atoms with van der Waals surface area (Å²) >= 11 is 0. The van der Waals surface area contributed by atoms with Gasteiger partial charge < -0.3 is 19.1 Å². The minimum absolute atomic E-state index is 0.192. The highest BCUT2D eigenvalue weighted by Gasteiger charge is 2.39. The molecule has 0 saturated heterocycles. The smallest absolute Gasteiger partial charge is 0.408 e. The van der Waals surface area contributed by atoms with Crippen LogP contribution in [-0.2, 0) is 18.3 Å². The Hall–Kier alpha value is -1.88. The van der Waals surface area contributed by atoms with Gasteiger partial charge in [0.25, 0.3) is 0 Å². The average Bonchev–Trinajstić information content (AvgIpc) is 2.58. The molecular formula is C20H28NO5P. The molecule has 0 heterocycles. The SMILES string of the molecule is CCOP(=O)(OCC)[C@H](NC(=O)OC(C)(C)C)c1ccc2ccccc2c1. The first-order chi connectivity index (χ1) is 12.7. The van der Waals surface area contributed by atoms with Crippen LogP contribution in [0.3, 0.4) is 0 Å². The fraction of sp³-hybridized carbons (Fsp3) is 0.450. The molecule has 0 aromatic heterocycles. The Balaban J connectivity index is 2.46. The van der Waals surface area contributed by atoms with E-state index in [0.29, 0.717) is 5.56 Å².